The zero-order chi connectivity index (χ0) is 12.3. The molecule has 1 N–H and O–H groups in total. The highest BCUT2D eigenvalue weighted by Gasteiger charge is 2.12. The second-order valence-electron chi connectivity index (χ2n) is 3.05. The van der Waals surface area contributed by atoms with Crippen molar-refractivity contribution in [2.45, 2.75) is 6.61 Å². The van der Waals surface area contributed by atoms with E-state index in [0.29, 0.717) is 10.8 Å². The molecular formula is C10H7ClN2O4. The summed E-state index contributed by atoms with van der Waals surface area (Å²) in [5.41, 5.74) is 0. The number of carboxylic acid groups (broad SMARTS) is 1. The van der Waals surface area contributed by atoms with E-state index in [1.54, 1.807) is 24.3 Å². The molecule has 0 saturated heterocycles. The number of carboxylic acids is 1. The third-order valence-electron chi connectivity index (χ3n) is 1.83. The number of hydrogen-bond acceptors (Lipinski definition) is 5. The molecule has 1 aromatic carbocycles. The SMILES string of the molecule is O=C(O)c1nnc(COc2ccc(Cl)cc2)o1. The Balaban J connectivity index is 1.97. The molecule has 0 aliphatic rings. The van der Waals surface area contributed by atoms with Crippen LogP contribution < -0.4 is 4.74 Å². The minimum atomic E-state index is -1.27. The molecule has 0 aliphatic heterocycles. The number of benzene rings is 1. The summed E-state index contributed by atoms with van der Waals surface area (Å²) in [6, 6.07) is 6.70. The fourth-order valence-electron chi connectivity index (χ4n) is 1.07. The Morgan fingerprint density at radius 1 is 1.35 bits per heavy atom. The lowest BCUT2D eigenvalue weighted by molar-refractivity contribution is 0.0649. The summed E-state index contributed by atoms with van der Waals surface area (Å²) in [5.74, 6) is -1.06. The molecule has 7 heteroatoms. The van der Waals surface area contributed by atoms with Crippen LogP contribution in [0.2, 0.25) is 5.02 Å². The van der Waals surface area contributed by atoms with E-state index in [0.717, 1.165) is 0 Å². The van der Waals surface area contributed by atoms with Crippen LogP contribution in [0.1, 0.15) is 16.6 Å². The standard InChI is InChI=1S/C10H7ClN2O4/c11-6-1-3-7(4-2-6)16-5-8-12-13-9(17-8)10(14)15/h1-4H,5H2,(H,14,15). The Morgan fingerprint density at radius 3 is 2.65 bits per heavy atom. The summed E-state index contributed by atoms with van der Waals surface area (Å²) < 4.78 is 10.1. The predicted octanol–water partition coefficient (Wildman–Crippen LogP) is 2.00. The molecule has 0 atom stereocenters. The van der Waals surface area contributed by atoms with Gasteiger partial charge in [-0.3, -0.25) is 0 Å². The number of nitrogens with zero attached hydrogens (tertiary/aromatic N) is 2. The number of aromatic carboxylic acids is 1. The second-order valence-corrected chi connectivity index (χ2v) is 3.49. The first kappa shape index (κ1) is 11.4. The summed E-state index contributed by atoms with van der Waals surface area (Å²) >= 11 is 5.71. The van der Waals surface area contributed by atoms with Crippen LogP contribution in [-0.2, 0) is 6.61 Å². The maximum absolute atomic E-state index is 10.5. The van der Waals surface area contributed by atoms with E-state index in [2.05, 4.69) is 10.2 Å². The highest BCUT2D eigenvalue weighted by Crippen LogP contribution is 2.16. The maximum Gasteiger partial charge on any atom is 0.393 e. The van der Waals surface area contributed by atoms with Gasteiger partial charge in [-0.15, -0.1) is 10.2 Å². The van der Waals surface area contributed by atoms with Crippen LogP contribution in [0.25, 0.3) is 0 Å². The average Bonchev–Trinajstić information content (AvgIpc) is 2.77. The van der Waals surface area contributed by atoms with E-state index in [1.165, 1.54) is 0 Å². The third-order valence-corrected chi connectivity index (χ3v) is 2.08. The molecule has 1 aromatic heterocycles. The molecule has 2 aromatic rings. The lowest BCUT2D eigenvalue weighted by Crippen LogP contribution is -1.96. The molecule has 6 nitrogen and oxygen atoms in total. The van der Waals surface area contributed by atoms with Crippen molar-refractivity contribution in [3.05, 3.63) is 41.1 Å². The van der Waals surface area contributed by atoms with Gasteiger partial charge in [0.05, 0.1) is 0 Å². The number of halogens is 1. The zero-order valence-electron chi connectivity index (χ0n) is 8.46. The van der Waals surface area contributed by atoms with Gasteiger partial charge in [0.1, 0.15) is 5.75 Å². The van der Waals surface area contributed by atoms with Crippen molar-refractivity contribution < 1.29 is 19.1 Å². The molecule has 0 fully saturated rings. The fraction of sp³-hybridized carbons (Fsp3) is 0.100. The quantitative estimate of drug-likeness (QED) is 0.898. The van der Waals surface area contributed by atoms with Crippen molar-refractivity contribution in [3.63, 3.8) is 0 Å². The first-order chi connectivity index (χ1) is 8.15. The molecular weight excluding hydrogens is 248 g/mol. The summed E-state index contributed by atoms with van der Waals surface area (Å²) in [4.78, 5) is 10.5. The second kappa shape index (κ2) is 4.84. The number of carbonyl (C=O) groups is 1. The van der Waals surface area contributed by atoms with Gasteiger partial charge < -0.3 is 14.3 Å². The zero-order valence-corrected chi connectivity index (χ0v) is 9.22. The van der Waals surface area contributed by atoms with Gasteiger partial charge in [-0.1, -0.05) is 11.6 Å². The summed E-state index contributed by atoms with van der Waals surface area (Å²) in [6.07, 6.45) is 0. The van der Waals surface area contributed by atoms with Gasteiger partial charge in [0.2, 0.25) is 0 Å². The highest BCUT2D eigenvalue weighted by atomic mass is 35.5. The lowest BCUT2D eigenvalue weighted by Gasteiger charge is -2.02. The molecule has 0 aliphatic carbocycles. The number of hydrogen-bond donors (Lipinski definition) is 1. The van der Waals surface area contributed by atoms with E-state index in [4.69, 9.17) is 25.9 Å². The van der Waals surface area contributed by atoms with E-state index >= 15 is 0 Å². The first-order valence-corrected chi connectivity index (χ1v) is 4.97. The average molecular weight is 255 g/mol. The Kier molecular flexibility index (Phi) is 3.24. The minimum Gasteiger partial charge on any atom is -0.484 e. The summed E-state index contributed by atoms with van der Waals surface area (Å²) in [5, 5.41) is 16.0. The lowest BCUT2D eigenvalue weighted by atomic mass is 10.3. The van der Waals surface area contributed by atoms with Crippen molar-refractivity contribution in [3.8, 4) is 5.75 Å². The summed E-state index contributed by atoms with van der Waals surface area (Å²) in [7, 11) is 0. The van der Waals surface area contributed by atoms with Gasteiger partial charge in [-0.05, 0) is 24.3 Å². The van der Waals surface area contributed by atoms with Crippen LogP contribution >= 0.6 is 11.6 Å². The van der Waals surface area contributed by atoms with Gasteiger partial charge >= 0.3 is 11.9 Å². The van der Waals surface area contributed by atoms with Gasteiger partial charge in [0.25, 0.3) is 5.89 Å². The molecule has 0 spiro atoms. The molecule has 0 radical (unpaired) electrons. The molecule has 17 heavy (non-hydrogen) atoms. The topological polar surface area (TPSA) is 85.5 Å². The number of rotatable bonds is 4. The molecule has 0 bridgehead atoms. The molecule has 0 saturated carbocycles. The van der Waals surface area contributed by atoms with Crippen molar-refractivity contribution in [1.29, 1.82) is 0 Å². The Labute approximate surface area is 101 Å². The van der Waals surface area contributed by atoms with Gasteiger partial charge in [-0.2, -0.15) is 0 Å². The van der Waals surface area contributed by atoms with Crippen LogP contribution in [0.4, 0.5) is 0 Å². The normalized spacial score (nSPS) is 10.2. The van der Waals surface area contributed by atoms with Crippen molar-refractivity contribution in [1.82, 2.24) is 10.2 Å². The van der Waals surface area contributed by atoms with E-state index in [9.17, 15) is 4.79 Å². The third kappa shape index (κ3) is 2.94. The monoisotopic (exact) mass is 254 g/mol. The minimum absolute atomic E-state index is 0.00190. The van der Waals surface area contributed by atoms with Gasteiger partial charge in [0, 0.05) is 5.02 Å². The number of ether oxygens (including phenoxy) is 1. The largest absolute Gasteiger partial charge is 0.484 e. The Bertz CT molecular complexity index is 523. The van der Waals surface area contributed by atoms with E-state index in [-0.39, 0.29) is 12.5 Å². The Morgan fingerprint density at radius 2 is 2.06 bits per heavy atom. The van der Waals surface area contributed by atoms with Crippen molar-refractivity contribution >= 4 is 17.6 Å². The van der Waals surface area contributed by atoms with Crippen molar-refractivity contribution in [2.24, 2.45) is 0 Å². The van der Waals surface area contributed by atoms with Crippen LogP contribution in [0.3, 0.4) is 0 Å². The molecule has 0 amide bonds. The molecule has 0 unspecified atom stereocenters. The smallest absolute Gasteiger partial charge is 0.393 e. The van der Waals surface area contributed by atoms with Gasteiger partial charge in [0.15, 0.2) is 6.61 Å². The molecule has 2 rings (SSSR count). The van der Waals surface area contributed by atoms with E-state index in [1.807, 2.05) is 0 Å². The van der Waals surface area contributed by atoms with Crippen LogP contribution in [-0.4, -0.2) is 21.3 Å². The van der Waals surface area contributed by atoms with Crippen LogP contribution in [0.15, 0.2) is 28.7 Å². The predicted molar refractivity (Wildman–Crippen MR) is 57.0 cm³/mol. The number of aromatic nitrogens is 2. The highest BCUT2D eigenvalue weighted by molar-refractivity contribution is 6.30. The first-order valence-electron chi connectivity index (χ1n) is 4.59. The van der Waals surface area contributed by atoms with Crippen LogP contribution in [0, 0.1) is 0 Å². The maximum atomic E-state index is 10.5. The fourth-order valence-corrected chi connectivity index (χ4v) is 1.20. The van der Waals surface area contributed by atoms with E-state index < -0.39 is 11.9 Å². The summed E-state index contributed by atoms with van der Waals surface area (Å²) in [6.45, 7) is 0.00190. The Hall–Kier alpha value is -2.08. The van der Waals surface area contributed by atoms with Gasteiger partial charge in [-0.25, -0.2) is 4.79 Å². The molecule has 88 valence electrons. The van der Waals surface area contributed by atoms with Crippen molar-refractivity contribution in [2.75, 3.05) is 0 Å². The van der Waals surface area contributed by atoms with Crippen LogP contribution in [0.5, 0.6) is 5.75 Å². The molecule has 1 heterocycles.